The average molecular weight is 292 g/mol. The highest BCUT2D eigenvalue weighted by atomic mass is 16.6. The molecule has 1 aromatic heterocycles. The molecule has 108 valence electrons. The zero-order chi connectivity index (χ0) is 15.6. The largest absolute Gasteiger partial charge is 0.475 e. The van der Waals surface area contributed by atoms with Gasteiger partial charge in [-0.05, 0) is 6.07 Å². The maximum Gasteiger partial charge on any atom is 0.374 e. The smallest absolute Gasteiger partial charge is 0.374 e. The summed E-state index contributed by atoms with van der Waals surface area (Å²) in [7, 11) is 1.12. The van der Waals surface area contributed by atoms with Gasteiger partial charge >= 0.3 is 11.9 Å². The third-order valence-electron chi connectivity index (χ3n) is 2.62. The SMILES string of the molecule is COC(=O)c1cccc([N+](=O)[O-])c1-c1cc(C(=O)O)on1. The van der Waals surface area contributed by atoms with E-state index in [1.54, 1.807) is 0 Å². The number of benzene rings is 1. The zero-order valence-corrected chi connectivity index (χ0v) is 10.6. The summed E-state index contributed by atoms with van der Waals surface area (Å²) in [6, 6.07) is 4.78. The van der Waals surface area contributed by atoms with Gasteiger partial charge < -0.3 is 14.4 Å². The second-order valence-corrected chi connectivity index (χ2v) is 3.83. The Morgan fingerprint density at radius 3 is 2.67 bits per heavy atom. The van der Waals surface area contributed by atoms with Crippen molar-refractivity contribution >= 4 is 17.6 Å². The molecular weight excluding hydrogens is 284 g/mol. The summed E-state index contributed by atoms with van der Waals surface area (Å²) in [6.45, 7) is 0. The van der Waals surface area contributed by atoms with Crippen molar-refractivity contribution in [3.63, 3.8) is 0 Å². The minimum absolute atomic E-state index is 0.114. The van der Waals surface area contributed by atoms with Crippen molar-refractivity contribution in [1.82, 2.24) is 5.16 Å². The predicted molar refractivity (Wildman–Crippen MR) is 66.9 cm³/mol. The molecule has 0 radical (unpaired) electrons. The predicted octanol–water partition coefficient (Wildman–Crippen LogP) is 1.73. The monoisotopic (exact) mass is 292 g/mol. The van der Waals surface area contributed by atoms with Gasteiger partial charge in [0.2, 0.25) is 5.76 Å². The van der Waals surface area contributed by atoms with Crippen molar-refractivity contribution in [2.75, 3.05) is 7.11 Å². The molecule has 0 atom stereocenters. The molecular formula is C12H8N2O7. The molecule has 0 amide bonds. The van der Waals surface area contributed by atoms with Gasteiger partial charge in [-0.3, -0.25) is 10.1 Å². The van der Waals surface area contributed by atoms with Crippen LogP contribution in [-0.4, -0.2) is 34.2 Å². The molecule has 0 spiro atoms. The van der Waals surface area contributed by atoms with E-state index in [-0.39, 0.29) is 16.8 Å². The standard InChI is InChI=1S/C12H8N2O7/c1-20-12(17)6-3-2-4-8(14(18)19)10(6)7-5-9(11(15)16)21-13-7/h2-5H,1H3,(H,15,16). The van der Waals surface area contributed by atoms with E-state index in [0.717, 1.165) is 19.2 Å². The van der Waals surface area contributed by atoms with E-state index < -0.39 is 28.3 Å². The number of nitro benzene ring substituents is 1. The van der Waals surface area contributed by atoms with Gasteiger partial charge in [-0.25, -0.2) is 9.59 Å². The summed E-state index contributed by atoms with van der Waals surface area (Å²) in [5, 5.41) is 23.3. The van der Waals surface area contributed by atoms with Crippen LogP contribution in [0.2, 0.25) is 0 Å². The van der Waals surface area contributed by atoms with Gasteiger partial charge in [0.1, 0.15) is 5.69 Å². The molecule has 0 saturated heterocycles. The Morgan fingerprint density at radius 2 is 2.14 bits per heavy atom. The maximum absolute atomic E-state index is 11.7. The van der Waals surface area contributed by atoms with Crippen LogP contribution in [0.4, 0.5) is 5.69 Å². The number of hydrogen-bond donors (Lipinski definition) is 1. The number of rotatable bonds is 4. The first-order valence-corrected chi connectivity index (χ1v) is 5.51. The molecule has 0 aliphatic rings. The van der Waals surface area contributed by atoms with Crippen molar-refractivity contribution in [3.05, 3.63) is 45.7 Å². The molecule has 0 unspecified atom stereocenters. The molecule has 0 aliphatic carbocycles. The number of aromatic nitrogens is 1. The van der Waals surface area contributed by atoms with Gasteiger partial charge in [-0.1, -0.05) is 11.2 Å². The maximum atomic E-state index is 11.7. The Kier molecular flexibility index (Phi) is 3.65. The Labute approximate surface area is 116 Å². The molecule has 2 rings (SSSR count). The minimum Gasteiger partial charge on any atom is -0.475 e. The number of carbonyl (C=O) groups excluding carboxylic acids is 1. The minimum atomic E-state index is -1.38. The Balaban J connectivity index is 2.71. The van der Waals surface area contributed by atoms with Crippen LogP contribution in [0, 0.1) is 10.1 Å². The summed E-state index contributed by atoms with van der Waals surface area (Å²) in [5.41, 5.74) is -0.828. The van der Waals surface area contributed by atoms with Gasteiger partial charge in [0.05, 0.1) is 23.2 Å². The first-order chi connectivity index (χ1) is 9.95. The average Bonchev–Trinajstić information content (AvgIpc) is 2.95. The number of carboxylic acid groups (broad SMARTS) is 1. The van der Waals surface area contributed by atoms with E-state index in [0.29, 0.717) is 0 Å². The molecule has 0 saturated carbocycles. The number of nitrogens with zero attached hydrogens (tertiary/aromatic N) is 2. The summed E-state index contributed by atoms with van der Waals surface area (Å²) in [5.74, 6) is -2.69. The topological polar surface area (TPSA) is 133 Å². The fraction of sp³-hybridized carbons (Fsp3) is 0.0833. The van der Waals surface area contributed by atoms with E-state index >= 15 is 0 Å². The highest BCUT2D eigenvalue weighted by Gasteiger charge is 2.27. The van der Waals surface area contributed by atoms with E-state index in [9.17, 15) is 19.7 Å². The zero-order valence-electron chi connectivity index (χ0n) is 10.6. The van der Waals surface area contributed by atoms with E-state index in [4.69, 9.17) is 5.11 Å². The molecule has 0 bridgehead atoms. The van der Waals surface area contributed by atoms with Crippen LogP contribution in [-0.2, 0) is 4.74 Å². The highest BCUT2D eigenvalue weighted by molar-refractivity contribution is 5.99. The number of nitro groups is 1. The quantitative estimate of drug-likeness (QED) is 0.511. The third kappa shape index (κ3) is 2.56. The van der Waals surface area contributed by atoms with Crippen molar-refractivity contribution < 1.29 is 28.9 Å². The van der Waals surface area contributed by atoms with Gasteiger partial charge in [-0.15, -0.1) is 0 Å². The molecule has 1 aromatic carbocycles. The second-order valence-electron chi connectivity index (χ2n) is 3.83. The lowest BCUT2D eigenvalue weighted by atomic mass is 10.0. The number of ether oxygens (including phenoxy) is 1. The lowest BCUT2D eigenvalue weighted by Gasteiger charge is -2.05. The van der Waals surface area contributed by atoms with Crippen molar-refractivity contribution in [2.24, 2.45) is 0 Å². The second kappa shape index (κ2) is 5.41. The molecule has 0 fully saturated rings. The molecule has 9 nitrogen and oxygen atoms in total. The van der Waals surface area contributed by atoms with Crippen LogP contribution >= 0.6 is 0 Å². The number of aromatic carboxylic acids is 1. The van der Waals surface area contributed by atoms with Crippen LogP contribution in [0.3, 0.4) is 0 Å². The molecule has 0 aliphatic heterocycles. The van der Waals surface area contributed by atoms with Gasteiger partial charge in [0.15, 0.2) is 0 Å². The molecule has 1 heterocycles. The normalized spacial score (nSPS) is 10.1. The van der Waals surface area contributed by atoms with Crippen LogP contribution in [0.5, 0.6) is 0 Å². The summed E-state index contributed by atoms with van der Waals surface area (Å²) in [4.78, 5) is 32.8. The number of methoxy groups -OCH3 is 1. The highest BCUT2D eigenvalue weighted by Crippen LogP contribution is 2.33. The summed E-state index contributed by atoms with van der Waals surface area (Å²) >= 11 is 0. The van der Waals surface area contributed by atoms with Crippen molar-refractivity contribution in [1.29, 1.82) is 0 Å². The summed E-state index contributed by atoms with van der Waals surface area (Å²) in [6.07, 6.45) is 0. The van der Waals surface area contributed by atoms with Crippen LogP contribution < -0.4 is 0 Å². The molecule has 1 N–H and O–H groups in total. The summed E-state index contributed by atoms with van der Waals surface area (Å²) < 4.78 is 9.11. The fourth-order valence-electron chi connectivity index (χ4n) is 1.74. The van der Waals surface area contributed by atoms with Gasteiger partial charge in [0.25, 0.3) is 5.69 Å². The van der Waals surface area contributed by atoms with Crippen molar-refractivity contribution in [3.8, 4) is 11.3 Å². The lowest BCUT2D eigenvalue weighted by molar-refractivity contribution is -0.384. The van der Waals surface area contributed by atoms with E-state index in [2.05, 4.69) is 14.4 Å². The van der Waals surface area contributed by atoms with E-state index in [1.165, 1.54) is 12.1 Å². The number of carboxylic acids is 1. The van der Waals surface area contributed by atoms with Crippen LogP contribution in [0.25, 0.3) is 11.3 Å². The first kappa shape index (κ1) is 14.2. The Bertz CT molecular complexity index is 735. The van der Waals surface area contributed by atoms with Crippen LogP contribution in [0.1, 0.15) is 20.9 Å². The van der Waals surface area contributed by atoms with Gasteiger partial charge in [-0.2, -0.15) is 0 Å². The van der Waals surface area contributed by atoms with Crippen molar-refractivity contribution in [2.45, 2.75) is 0 Å². The molecule has 9 heteroatoms. The Hall–Kier alpha value is -3.23. The van der Waals surface area contributed by atoms with Crippen LogP contribution in [0.15, 0.2) is 28.8 Å². The number of carbonyl (C=O) groups is 2. The fourth-order valence-corrected chi connectivity index (χ4v) is 1.74. The first-order valence-electron chi connectivity index (χ1n) is 5.51. The molecule has 2 aromatic rings. The molecule has 21 heavy (non-hydrogen) atoms. The lowest BCUT2D eigenvalue weighted by Crippen LogP contribution is -2.06. The van der Waals surface area contributed by atoms with Gasteiger partial charge in [0, 0.05) is 12.1 Å². The third-order valence-corrected chi connectivity index (χ3v) is 2.62. The van der Waals surface area contributed by atoms with E-state index in [1.807, 2.05) is 0 Å². The number of esters is 1. The Morgan fingerprint density at radius 1 is 1.43 bits per heavy atom. The number of hydrogen-bond acceptors (Lipinski definition) is 7.